The molecule has 0 bridgehead atoms. The number of hydrogen-bond acceptors (Lipinski definition) is 5. The summed E-state index contributed by atoms with van der Waals surface area (Å²) in [4.78, 5) is 16.2. The molecule has 5 nitrogen and oxygen atoms in total. The van der Waals surface area contributed by atoms with Gasteiger partial charge in [0.15, 0.2) is 17.4 Å². The highest BCUT2D eigenvalue weighted by molar-refractivity contribution is 7.99. The number of rotatable bonds is 5. The molecule has 0 fully saturated rings. The summed E-state index contributed by atoms with van der Waals surface area (Å²) in [5.41, 5.74) is 0.464. The van der Waals surface area contributed by atoms with Crippen LogP contribution in [0.4, 0.5) is 4.39 Å². The molecule has 3 rings (SSSR count). The van der Waals surface area contributed by atoms with E-state index in [0.717, 1.165) is 0 Å². The molecule has 0 saturated heterocycles. The molecule has 0 amide bonds. The summed E-state index contributed by atoms with van der Waals surface area (Å²) >= 11 is 1.21. The summed E-state index contributed by atoms with van der Waals surface area (Å²) in [6.45, 7) is 0. The average molecular weight is 303 g/mol. The van der Waals surface area contributed by atoms with Crippen molar-refractivity contribution in [2.24, 2.45) is 0 Å². The van der Waals surface area contributed by atoms with Crippen molar-refractivity contribution in [1.82, 2.24) is 15.2 Å². The summed E-state index contributed by atoms with van der Waals surface area (Å²) in [7, 11) is 0. The monoisotopic (exact) mass is 303 g/mol. The van der Waals surface area contributed by atoms with Crippen LogP contribution in [0.2, 0.25) is 0 Å². The van der Waals surface area contributed by atoms with Crippen LogP contribution in [0.3, 0.4) is 0 Å². The molecule has 2 heterocycles. The molecule has 0 aliphatic rings. The largest absolute Gasteiger partial charge is 0.461 e. The molecule has 1 aromatic carbocycles. The summed E-state index contributed by atoms with van der Waals surface area (Å²) in [5.74, 6) is 0.803. The van der Waals surface area contributed by atoms with E-state index in [1.807, 2.05) is 0 Å². The first kappa shape index (κ1) is 13.6. The van der Waals surface area contributed by atoms with Crippen LogP contribution in [0.1, 0.15) is 10.4 Å². The van der Waals surface area contributed by atoms with Crippen molar-refractivity contribution in [1.29, 1.82) is 0 Å². The molecule has 106 valence electrons. The van der Waals surface area contributed by atoms with E-state index >= 15 is 0 Å². The molecule has 0 saturated carbocycles. The molecule has 7 heteroatoms. The Kier molecular flexibility index (Phi) is 3.83. The van der Waals surface area contributed by atoms with Gasteiger partial charge in [0.1, 0.15) is 5.82 Å². The third kappa shape index (κ3) is 3.19. The van der Waals surface area contributed by atoms with Crippen LogP contribution in [0.15, 0.2) is 52.2 Å². The Morgan fingerprint density at radius 3 is 2.81 bits per heavy atom. The Bertz CT molecular complexity index is 738. The molecule has 0 unspecified atom stereocenters. The van der Waals surface area contributed by atoms with Gasteiger partial charge in [0, 0.05) is 5.56 Å². The lowest BCUT2D eigenvalue weighted by Gasteiger charge is -1.98. The topological polar surface area (TPSA) is 71.8 Å². The fraction of sp³-hybridized carbons (Fsp3) is 0.0714. The van der Waals surface area contributed by atoms with E-state index < -0.39 is 0 Å². The maximum Gasteiger partial charge on any atom is 0.209 e. The lowest BCUT2D eigenvalue weighted by molar-refractivity contribution is 0.102. The average Bonchev–Trinajstić information content (AvgIpc) is 3.16. The van der Waals surface area contributed by atoms with Crippen molar-refractivity contribution in [3.63, 3.8) is 0 Å². The molecule has 0 spiro atoms. The van der Waals surface area contributed by atoms with Gasteiger partial charge in [-0.15, -0.1) is 5.10 Å². The number of aromatic nitrogens is 3. The molecule has 2 aromatic heterocycles. The molecule has 0 aliphatic carbocycles. The summed E-state index contributed by atoms with van der Waals surface area (Å²) in [5, 5.41) is 7.20. The molecular weight excluding hydrogens is 293 g/mol. The second-order valence-electron chi connectivity index (χ2n) is 4.16. The Hall–Kier alpha value is -2.41. The van der Waals surface area contributed by atoms with Gasteiger partial charge in [-0.2, -0.15) is 4.98 Å². The Labute approximate surface area is 123 Å². The Morgan fingerprint density at radius 1 is 1.29 bits per heavy atom. The predicted molar refractivity (Wildman–Crippen MR) is 75.5 cm³/mol. The molecule has 1 N–H and O–H groups in total. The maximum absolute atomic E-state index is 12.8. The number of Topliss-reactive ketones (excluding diaryl/α,β-unsaturated/α-hetero) is 1. The zero-order valence-corrected chi connectivity index (χ0v) is 11.6. The number of H-pyrrole nitrogens is 1. The maximum atomic E-state index is 12.8. The van der Waals surface area contributed by atoms with E-state index in [9.17, 15) is 9.18 Å². The van der Waals surface area contributed by atoms with Gasteiger partial charge in [0.2, 0.25) is 5.16 Å². The van der Waals surface area contributed by atoms with E-state index in [1.165, 1.54) is 36.0 Å². The molecule has 0 radical (unpaired) electrons. The Balaban J connectivity index is 1.62. The number of nitrogens with zero attached hydrogens (tertiary/aromatic N) is 2. The zero-order valence-electron chi connectivity index (χ0n) is 10.7. The number of halogens is 1. The SMILES string of the molecule is O=C(CSc1n[nH]c(-c2ccco2)n1)c1ccc(F)cc1. The number of furan rings is 1. The van der Waals surface area contributed by atoms with Crippen molar-refractivity contribution < 1.29 is 13.6 Å². The van der Waals surface area contributed by atoms with Crippen molar-refractivity contribution in [3.05, 3.63) is 54.0 Å². The first-order chi connectivity index (χ1) is 10.2. The fourth-order valence-electron chi connectivity index (χ4n) is 1.68. The third-order valence-electron chi connectivity index (χ3n) is 2.72. The van der Waals surface area contributed by atoms with E-state index in [0.29, 0.717) is 22.3 Å². The van der Waals surface area contributed by atoms with Gasteiger partial charge in [-0.25, -0.2) is 4.39 Å². The minimum atomic E-state index is -0.365. The lowest BCUT2D eigenvalue weighted by Crippen LogP contribution is -2.02. The molecule has 0 aliphatic heterocycles. The summed E-state index contributed by atoms with van der Waals surface area (Å²) in [6.07, 6.45) is 1.54. The van der Waals surface area contributed by atoms with Gasteiger partial charge < -0.3 is 4.42 Å². The van der Waals surface area contributed by atoms with Crippen molar-refractivity contribution in [2.75, 3.05) is 5.75 Å². The molecule has 0 atom stereocenters. The van der Waals surface area contributed by atoms with Crippen LogP contribution in [0.25, 0.3) is 11.6 Å². The van der Waals surface area contributed by atoms with Gasteiger partial charge in [-0.3, -0.25) is 9.89 Å². The Morgan fingerprint density at radius 2 is 2.10 bits per heavy atom. The molecular formula is C14H10FN3O2S. The van der Waals surface area contributed by atoms with E-state index in [1.54, 1.807) is 18.4 Å². The van der Waals surface area contributed by atoms with Crippen LogP contribution in [0.5, 0.6) is 0 Å². The predicted octanol–water partition coefficient (Wildman–Crippen LogP) is 3.18. The molecule has 21 heavy (non-hydrogen) atoms. The van der Waals surface area contributed by atoms with Crippen molar-refractivity contribution in [3.8, 4) is 11.6 Å². The number of carbonyl (C=O) groups is 1. The second kappa shape index (κ2) is 5.92. The first-order valence-electron chi connectivity index (χ1n) is 6.10. The van der Waals surface area contributed by atoms with Gasteiger partial charge in [-0.05, 0) is 36.4 Å². The van der Waals surface area contributed by atoms with Gasteiger partial charge >= 0.3 is 0 Å². The van der Waals surface area contributed by atoms with E-state index in [-0.39, 0.29) is 17.4 Å². The fourth-order valence-corrected chi connectivity index (χ4v) is 2.38. The zero-order chi connectivity index (χ0) is 14.7. The highest BCUT2D eigenvalue weighted by atomic mass is 32.2. The van der Waals surface area contributed by atoms with Crippen molar-refractivity contribution >= 4 is 17.5 Å². The lowest BCUT2D eigenvalue weighted by atomic mass is 10.1. The minimum Gasteiger partial charge on any atom is -0.461 e. The van der Waals surface area contributed by atoms with E-state index in [4.69, 9.17) is 4.42 Å². The summed E-state index contributed by atoms with van der Waals surface area (Å²) < 4.78 is 18.0. The number of benzene rings is 1. The van der Waals surface area contributed by atoms with Gasteiger partial charge in [0.25, 0.3) is 0 Å². The van der Waals surface area contributed by atoms with Crippen molar-refractivity contribution in [2.45, 2.75) is 5.16 Å². The van der Waals surface area contributed by atoms with Gasteiger partial charge in [-0.1, -0.05) is 11.8 Å². The van der Waals surface area contributed by atoms with Gasteiger partial charge in [0.05, 0.1) is 12.0 Å². The number of carbonyl (C=O) groups excluding carboxylic acids is 1. The normalized spacial score (nSPS) is 10.7. The van der Waals surface area contributed by atoms with Crippen LogP contribution in [0, 0.1) is 5.82 Å². The minimum absolute atomic E-state index is 0.107. The number of ketones is 1. The third-order valence-corrected chi connectivity index (χ3v) is 3.57. The smallest absolute Gasteiger partial charge is 0.209 e. The highest BCUT2D eigenvalue weighted by Crippen LogP contribution is 2.20. The van der Waals surface area contributed by atoms with Crippen LogP contribution in [-0.2, 0) is 0 Å². The highest BCUT2D eigenvalue weighted by Gasteiger charge is 2.11. The molecule has 3 aromatic rings. The second-order valence-corrected chi connectivity index (χ2v) is 5.11. The van der Waals surface area contributed by atoms with E-state index in [2.05, 4.69) is 15.2 Å². The standard InChI is InChI=1S/C14H10FN3O2S/c15-10-5-3-9(4-6-10)11(19)8-21-14-16-13(17-18-14)12-2-1-7-20-12/h1-7H,8H2,(H,16,17,18). The van der Waals surface area contributed by atoms with Crippen LogP contribution >= 0.6 is 11.8 Å². The number of aromatic amines is 1. The van der Waals surface area contributed by atoms with Crippen LogP contribution in [-0.4, -0.2) is 26.7 Å². The number of thioether (sulfide) groups is 1. The number of hydrogen-bond donors (Lipinski definition) is 1. The van der Waals surface area contributed by atoms with Crippen LogP contribution < -0.4 is 0 Å². The first-order valence-corrected chi connectivity index (χ1v) is 7.09. The quantitative estimate of drug-likeness (QED) is 0.579. The summed E-state index contributed by atoms with van der Waals surface area (Å²) in [6, 6.07) is 8.97. The number of nitrogens with one attached hydrogen (secondary N) is 1.